The molecule has 7 heteroatoms. The molecule has 0 radical (unpaired) electrons. The second-order valence-electron chi connectivity index (χ2n) is 8.89. The maximum absolute atomic E-state index is 13.3. The summed E-state index contributed by atoms with van der Waals surface area (Å²) in [6.07, 6.45) is 5.73. The van der Waals surface area contributed by atoms with Crippen molar-refractivity contribution in [2.45, 2.75) is 64.8 Å². The summed E-state index contributed by atoms with van der Waals surface area (Å²) in [6.45, 7) is 4.49. The molecule has 0 spiro atoms. The molecule has 3 aromatic rings. The van der Waals surface area contributed by atoms with Gasteiger partial charge in [-0.05, 0) is 62.8 Å². The zero-order valence-electron chi connectivity index (χ0n) is 19.1. The van der Waals surface area contributed by atoms with E-state index in [-0.39, 0.29) is 23.3 Å². The number of benzene rings is 1. The van der Waals surface area contributed by atoms with Crippen molar-refractivity contribution in [3.05, 3.63) is 62.8 Å². The first kappa shape index (κ1) is 22.2. The van der Waals surface area contributed by atoms with Gasteiger partial charge in [0.1, 0.15) is 11.5 Å². The molecule has 6 nitrogen and oxygen atoms in total. The third-order valence-corrected chi connectivity index (χ3v) is 6.79. The zero-order chi connectivity index (χ0) is 22.8. The quantitative estimate of drug-likeness (QED) is 0.607. The Balaban J connectivity index is 1.50. The minimum absolute atomic E-state index is 0.0841. The molecule has 1 N–H and O–H groups in total. The monoisotopic (exact) mass is 438 g/mol. The van der Waals surface area contributed by atoms with Gasteiger partial charge in [-0.1, -0.05) is 25.0 Å². The van der Waals surface area contributed by atoms with Gasteiger partial charge in [0.25, 0.3) is 5.56 Å². The van der Waals surface area contributed by atoms with Gasteiger partial charge < -0.3 is 9.88 Å². The standard InChI is InChI=1S/C25H31FN4O2/c1-16-21(25(32)27-24-23(16)17(2)28-29(24)3)12-13-22(31)30(20-6-4-5-7-20)15-14-18-8-10-19(26)11-9-18/h8-11,20H,4-7,12-15H2,1-3H3,(H,27,32). The van der Waals surface area contributed by atoms with Crippen LogP contribution in [-0.4, -0.2) is 38.2 Å². The van der Waals surface area contributed by atoms with E-state index >= 15 is 0 Å². The van der Waals surface area contributed by atoms with Crippen molar-refractivity contribution in [3.8, 4) is 0 Å². The van der Waals surface area contributed by atoms with Crippen LogP contribution in [-0.2, 0) is 24.7 Å². The number of nitrogens with zero attached hydrogens (tertiary/aromatic N) is 3. The lowest BCUT2D eigenvalue weighted by Gasteiger charge is -2.29. The van der Waals surface area contributed by atoms with E-state index in [4.69, 9.17) is 0 Å². The van der Waals surface area contributed by atoms with Gasteiger partial charge in [0, 0.05) is 37.0 Å². The fraction of sp³-hybridized carbons (Fsp3) is 0.480. The van der Waals surface area contributed by atoms with E-state index in [0.29, 0.717) is 37.0 Å². The Morgan fingerprint density at radius 1 is 1.19 bits per heavy atom. The van der Waals surface area contributed by atoms with Crippen molar-refractivity contribution >= 4 is 16.9 Å². The minimum Gasteiger partial charge on any atom is -0.339 e. The van der Waals surface area contributed by atoms with E-state index in [1.54, 1.807) is 16.8 Å². The van der Waals surface area contributed by atoms with Crippen molar-refractivity contribution in [3.63, 3.8) is 0 Å². The number of amides is 1. The highest BCUT2D eigenvalue weighted by molar-refractivity contribution is 5.83. The molecule has 1 amide bonds. The maximum Gasteiger partial charge on any atom is 0.253 e. The first-order valence-electron chi connectivity index (χ1n) is 11.4. The molecule has 2 heterocycles. The Kier molecular flexibility index (Phi) is 6.44. The molecule has 1 aliphatic rings. The molecular formula is C25H31FN4O2. The lowest BCUT2D eigenvalue weighted by atomic mass is 10.0. The number of rotatable bonds is 7. The first-order chi connectivity index (χ1) is 15.3. The predicted octanol–water partition coefficient (Wildman–Crippen LogP) is 3.96. The van der Waals surface area contributed by atoms with Crippen LogP contribution in [0, 0.1) is 19.7 Å². The van der Waals surface area contributed by atoms with Crippen molar-refractivity contribution < 1.29 is 9.18 Å². The largest absolute Gasteiger partial charge is 0.339 e. The summed E-state index contributed by atoms with van der Waals surface area (Å²) >= 11 is 0. The van der Waals surface area contributed by atoms with E-state index in [1.165, 1.54) is 12.1 Å². The summed E-state index contributed by atoms with van der Waals surface area (Å²) in [5, 5.41) is 5.37. The molecule has 1 aliphatic carbocycles. The highest BCUT2D eigenvalue weighted by Gasteiger charge is 2.26. The summed E-state index contributed by atoms with van der Waals surface area (Å²) < 4.78 is 14.9. The first-order valence-corrected chi connectivity index (χ1v) is 11.4. The number of aryl methyl sites for hydroxylation is 3. The summed E-state index contributed by atoms with van der Waals surface area (Å²) in [7, 11) is 1.81. The lowest BCUT2D eigenvalue weighted by molar-refractivity contribution is -0.133. The van der Waals surface area contributed by atoms with Crippen LogP contribution in [0.1, 0.15) is 54.5 Å². The van der Waals surface area contributed by atoms with Crippen LogP contribution in [0.3, 0.4) is 0 Å². The lowest BCUT2D eigenvalue weighted by Crippen LogP contribution is -2.40. The van der Waals surface area contributed by atoms with Crippen LogP contribution in [0.5, 0.6) is 0 Å². The second-order valence-corrected chi connectivity index (χ2v) is 8.89. The fourth-order valence-corrected chi connectivity index (χ4v) is 5.06. The topological polar surface area (TPSA) is 71.0 Å². The molecule has 4 rings (SSSR count). The molecule has 2 aromatic heterocycles. The molecule has 0 aliphatic heterocycles. The number of halogens is 1. The fourth-order valence-electron chi connectivity index (χ4n) is 5.06. The minimum atomic E-state index is -0.251. The molecule has 32 heavy (non-hydrogen) atoms. The van der Waals surface area contributed by atoms with Gasteiger partial charge in [-0.25, -0.2) is 4.39 Å². The van der Waals surface area contributed by atoms with E-state index in [1.807, 2.05) is 25.8 Å². The molecule has 170 valence electrons. The van der Waals surface area contributed by atoms with Crippen molar-refractivity contribution in [1.29, 1.82) is 0 Å². The van der Waals surface area contributed by atoms with Crippen molar-refractivity contribution in [1.82, 2.24) is 19.7 Å². The summed E-state index contributed by atoms with van der Waals surface area (Å²) in [5.41, 5.74) is 4.02. The number of H-pyrrole nitrogens is 1. The van der Waals surface area contributed by atoms with Crippen molar-refractivity contribution in [2.75, 3.05) is 6.54 Å². The van der Waals surface area contributed by atoms with E-state index in [2.05, 4.69) is 10.1 Å². The van der Waals surface area contributed by atoms with Crippen LogP contribution in [0.15, 0.2) is 29.1 Å². The molecule has 0 atom stereocenters. The number of nitrogens with one attached hydrogen (secondary N) is 1. The van der Waals surface area contributed by atoms with Crippen LogP contribution < -0.4 is 5.56 Å². The van der Waals surface area contributed by atoms with Crippen LogP contribution in [0.25, 0.3) is 11.0 Å². The zero-order valence-corrected chi connectivity index (χ0v) is 19.1. The maximum atomic E-state index is 13.3. The molecule has 0 saturated heterocycles. The molecule has 0 unspecified atom stereocenters. The Morgan fingerprint density at radius 3 is 2.56 bits per heavy atom. The highest BCUT2D eigenvalue weighted by Crippen LogP contribution is 2.26. The van der Waals surface area contributed by atoms with Gasteiger partial charge in [0.05, 0.1) is 5.69 Å². The molecular weight excluding hydrogens is 407 g/mol. The molecule has 1 fully saturated rings. The Bertz CT molecular complexity index is 1170. The highest BCUT2D eigenvalue weighted by atomic mass is 19.1. The van der Waals surface area contributed by atoms with Gasteiger partial charge in [-0.2, -0.15) is 5.10 Å². The number of carbonyl (C=O) groups excluding carboxylic acids is 1. The number of fused-ring (bicyclic) bond motifs is 1. The average molecular weight is 439 g/mol. The number of hydrogen-bond acceptors (Lipinski definition) is 3. The van der Waals surface area contributed by atoms with E-state index in [0.717, 1.165) is 47.9 Å². The summed E-state index contributed by atoms with van der Waals surface area (Å²) in [6, 6.07) is 6.73. The Hall–Kier alpha value is -2.96. The summed E-state index contributed by atoms with van der Waals surface area (Å²) in [4.78, 5) is 30.9. The predicted molar refractivity (Wildman–Crippen MR) is 123 cm³/mol. The Labute approximate surface area is 187 Å². The number of pyridine rings is 1. The van der Waals surface area contributed by atoms with E-state index < -0.39 is 0 Å². The van der Waals surface area contributed by atoms with Gasteiger partial charge in [-0.15, -0.1) is 0 Å². The van der Waals surface area contributed by atoms with Gasteiger partial charge in [0.15, 0.2) is 0 Å². The molecule has 1 saturated carbocycles. The SMILES string of the molecule is Cc1nn(C)c2[nH]c(=O)c(CCC(=O)N(CCc3ccc(F)cc3)C3CCCC3)c(C)c12. The molecule has 1 aromatic carbocycles. The van der Waals surface area contributed by atoms with Crippen LogP contribution >= 0.6 is 0 Å². The van der Waals surface area contributed by atoms with Crippen molar-refractivity contribution in [2.24, 2.45) is 7.05 Å². The third kappa shape index (κ3) is 4.47. The second kappa shape index (κ2) is 9.27. The number of aromatic amines is 1. The van der Waals surface area contributed by atoms with Crippen LogP contribution in [0.2, 0.25) is 0 Å². The van der Waals surface area contributed by atoms with E-state index in [9.17, 15) is 14.0 Å². The van der Waals surface area contributed by atoms with Gasteiger partial charge in [-0.3, -0.25) is 14.3 Å². The average Bonchev–Trinajstić information content (AvgIpc) is 3.38. The van der Waals surface area contributed by atoms with Crippen LogP contribution in [0.4, 0.5) is 4.39 Å². The van der Waals surface area contributed by atoms with Gasteiger partial charge in [0.2, 0.25) is 5.91 Å². The number of hydrogen-bond donors (Lipinski definition) is 1. The molecule has 0 bridgehead atoms. The van der Waals surface area contributed by atoms with Gasteiger partial charge >= 0.3 is 0 Å². The number of carbonyl (C=O) groups is 1. The number of aromatic nitrogens is 3. The smallest absolute Gasteiger partial charge is 0.253 e. The summed E-state index contributed by atoms with van der Waals surface area (Å²) in [5.74, 6) is -0.167. The normalized spacial score (nSPS) is 14.4. The Morgan fingerprint density at radius 2 is 1.88 bits per heavy atom. The third-order valence-electron chi connectivity index (χ3n) is 6.79.